The van der Waals surface area contributed by atoms with Crippen LogP contribution in [0, 0.1) is 0 Å². The van der Waals surface area contributed by atoms with Crippen LogP contribution >= 0.6 is 8.60 Å². The Labute approximate surface area is 154 Å². The van der Waals surface area contributed by atoms with Crippen molar-refractivity contribution in [1.82, 2.24) is 4.90 Å². The number of rotatable bonds is 12. The maximum absolute atomic E-state index is 11.7. The van der Waals surface area contributed by atoms with Crippen molar-refractivity contribution in [2.24, 2.45) is 0 Å². The molecule has 0 saturated carbocycles. The first-order valence-electron chi connectivity index (χ1n) is 8.64. The van der Waals surface area contributed by atoms with Crippen molar-refractivity contribution >= 4 is 14.5 Å². The second kappa shape index (κ2) is 11.4. The fraction of sp³-hybridized carbons (Fsp3) is 0.500. The molecule has 1 aromatic carbocycles. The summed E-state index contributed by atoms with van der Waals surface area (Å²) in [6.07, 6.45) is 5.68. The summed E-state index contributed by atoms with van der Waals surface area (Å²) in [7, 11) is -2.37. The third-order valence-electron chi connectivity index (χ3n) is 4.14. The van der Waals surface area contributed by atoms with Crippen molar-refractivity contribution < 1.29 is 28.9 Å². The minimum absolute atomic E-state index is 0.0458. The van der Waals surface area contributed by atoms with E-state index in [1.807, 2.05) is 36.4 Å². The highest BCUT2D eigenvalue weighted by molar-refractivity contribution is 7.39. The summed E-state index contributed by atoms with van der Waals surface area (Å²) in [5.74, 6) is 0.118. The monoisotopic (exact) mass is 383 g/mol. The molecule has 0 radical (unpaired) electrons. The molecule has 1 saturated heterocycles. The topological polar surface area (TPSA) is 99.5 Å². The normalized spacial score (nSPS) is 18.5. The summed E-state index contributed by atoms with van der Waals surface area (Å²) >= 11 is 0. The van der Waals surface area contributed by atoms with Crippen LogP contribution in [0.25, 0.3) is 0 Å². The molecule has 3 N–H and O–H groups in total. The van der Waals surface area contributed by atoms with Gasteiger partial charge in [0.25, 0.3) is 0 Å². The molecule has 1 unspecified atom stereocenters. The van der Waals surface area contributed by atoms with Gasteiger partial charge in [0.2, 0.25) is 5.91 Å². The quantitative estimate of drug-likeness (QED) is 0.167. The minimum atomic E-state index is -2.37. The highest BCUT2D eigenvalue weighted by Gasteiger charge is 2.33. The van der Waals surface area contributed by atoms with Gasteiger partial charge in [-0.3, -0.25) is 9.32 Å². The fourth-order valence-corrected chi connectivity index (χ4v) is 2.92. The third-order valence-corrected chi connectivity index (χ3v) is 4.47. The number of amides is 1. The van der Waals surface area contributed by atoms with E-state index in [0.717, 1.165) is 18.4 Å². The number of nitrogens with zero attached hydrogens (tertiary/aromatic N) is 1. The van der Waals surface area contributed by atoms with Gasteiger partial charge in [-0.2, -0.15) is 0 Å². The Morgan fingerprint density at radius 1 is 1.27 bits per heavy atom. The molecule has 2 rings (SSSR count). The fourth-order valence-electron chi connectivity index (χ4n) is 2.75. The predicted molar refractivity (Wildman–Crippen MR) is 97.9 cm³/mol. The van der Waals surface area contributed by atoms with Gasteiger partial charge in [0.05, 0.1) is 18.6 Å². The summed E-state index contributed by atoms with van der Waals surface area (Å²) in [5, 5.41) is 10.1. The molecule has 1 aromatic rings. The van der Waals surface area contributed by atoms with Crippen LogP contribution in [0.15, 0.2) is 42.5 Å². The van der Waals surface area contributed by atoms with Gasteiger partial charge >= 0.3 is 8.60 Å². The molecule has 0 aromatic heterocycles. The Kier molecular flexibility index (Phi) is 9.18. The van der Waals surface area contributed by atoms with Gasteiger partial charge in [-0.25, -0.2) is 0 Å². The molecule has 1 fully saturated rings. The molecule has 0 bridgehead atoms. The molecule has 0 aliphatic carbocycles. The molecular formula is C18H26NO6P. The molecule has 2 atom stereocenters. The van der Waals surface area contributed by atoms with Crippen molar-refractivity contribution in [1.29, 1.82) is 0 Å². The van der Waals surface area contributed by atoms with Crippen LogP contribution in [0.3, 0.4) is 0 Å². The molecule has 144 valence electrons. The van der Waals surface area contributed by atoms with Gasteiger partial charge < -0.3 is 24.5 Å². The SMILES string of the molecule is O=C1C[C@H](/C=C/C(O)Cc2ccccc2)N1CCCCOCOP(O)O. The van der Waals surface area contributed by atoms with Crippen LogP contribution in [-0.2, 0) is 20.5 Å². The number of hydrogen-bond acceptors (Lipinski definition) is 6. The van der Waals surface area contributed by atoms with Crippen molar-refractivity contribution in [3.05, 3.63) is 48.0 Å². The Morgan fingerprint density at radius 2 is 2.04 bits per heavy atom. The van der Waals surface area contributed by atoms with Gasteiger partial charge in [-0.1, -0.05) is 42.5 Å². The first-order chi connectivity index (χ1) is 12.6. The van der Waals surface area contributed by atoms with Crippen molar-refractivity contribution in [2.75, 3.05) is 19.9 Å². The Hall–Kier alpha value is -1.34. The number of β-lactam (4-membered cyclic amide) rings is 1. The van der Waals surface area contributed by atoms with Gasteiger partial charge in [0.1, 0.15) is 0 Å². The van der Waals surface area contributed by atoms with Crippen molar-refractivity contribution in [2.45, 2.75) is 37.8 Å². The van der Waals surface area contributed by atoms with E-state index in [1.165, 1.54) is 0 Å². The number of benzene rings is 1. The highest BCUT2D eigenvalue weighted by Crippen LogP contribution is 2.24. The molecule has 26 heavy (non-hydrogen) atoms. The maximum atomic E-state index is 11.7. The molecule has 1 heterocycles. The summed E-state index contributed by atoms with van der Waals surface area (Å²) in [6, 6.07) is 9.83. The standard InChI is InChI=1S/C18H26NO6P/c20-17(12-15-6-2-1-3-7-15)9-8-16-13-18(21)19(16)10-4-5-11-24-14-25-26(22)23/h1-3,6-9,16-17,20,22-23H,4-5,10-14H2/b9-8+/t16-,17?/m0/s1. The number of likely N-dealkylation sites (tertiary alicyclic amines) is 1. The van der Waals surface area contributed by atoms with Crippen LogP contribution in [-0.4, -0.2) is 57.8 Å². The zero-order valence-electron chi connectivity index (χ0n) is 14.6. The Morgan fingerprint density at radius 3 is 2.73 bits per heavy atom. The van der Waals surface area contributed by atoms with Crippen LogP contribution in [0.4, 0.5) is 0 Å². The molecule has 1 aliphatic rings. The summed E-state index contributed by atoms with van der Waals surface area (Å²) in [4.78, 5) is 30.6. The van der Waals surface area contributed by atoms with E-state index in [0.29, 0.717) is 26.0 Å². The molecule has 7 nitrogen and oxygen atoms in total. The van der Waals surface area contributed by atoms with Crippen LogP contribution < -0.4 is 0 Å². The third kappa shape index (κ3) is 7.50. The Balaban J connectivity index is 1.62. The van der Waals surface area contributed by atoms with E-state index in [4.69, 9.17) is 14.5 Å². The number of ether oxygens (including phenoxy) is 1. The average molecular weight is 383 g/mol. The predicted octanol–water partition coefficient (Wildman–Crippen LogP) is 1.73. The summed E-state index contributed by atoms with van der Waals surface area (Å²) in [6.45, 7) is 0.924. The maximum Gasteiger partial charge on any atom is 0.329 e. The van der Waals surface area contributed by atoms with Gasteiger partial charge in [0.15, 0.2) is 6.79 Å². The smallest absolute Gasteiger partial charge is 0.329 e. The lowest BCUT2D eigenvalue weighted by molar-refractivity contribution is -0.143. The zero-order chi connectivity index (χ0) is 18.8. The van der Waals surface area contributed by atoms with E-state index < -0.39 is 14.7 Å². The largest absolute Gasteiger partial charge is 0.389 e. The molecule has 8 heteroatoms. The minimum Gasteiger partial charge on any atom is -0.389 e. The number of carbonyl (C=O) groups is 1. The lowest BCUT2D eigenvalue weighted by Gasteiger charge is -2.39. The van der Waals surface area contributed by atoms with Crippen LogP contribution in [0.2, 0.25) is 0 Å². The number of aliphatic hydroxyl groups excluding tert-OH is 1. The lowest BCUT2D eigenvalue weighted by atomic mass is 9.99. The van der Waals surface area contributed by atoms with Gasteiger partial charge in [0, 0.05) is 19.6 Å². The first kappa shape index (κ1) is 21.0. The number of aliphatic hydroxyl groups is 1. The molecule has 1 amide bonds. The van der Waals surface area contributed by atoms with E-state index >= 15 is 0 Å². The second-order valence-corrected chi connectivity index (χ2v) is 6.88. The summed E-state index contributed by atoms with van der Waals surface area (Å²) in [5.41, 5.74) is 1.07. The van der Waals surface area contributed by atoms with E-state index in [2.05, 4.69) is 4.52 Å². The van der Waals surface area contributed by atoms with Gasteiger partial charge in [-0.05, 0) is 18.4 Å². The number of carbonyl (C=O) groups excluding carboxylic acids is 1. The highest BCUT2D eigenvalue weighted by atomic mass is 31.2. The lowest BCUT2D eigenvalue weighted by Crippen LogP contribution is -2.51. The number of unbranched alkanes of at least 4 members (excludes halogenated alkanes) is 1. The zero-order valence-corrected chi connectivity index (χ0v) is 15.5. The molecular weight excluding hydrogens is 357 g/mol. The average Bonchev–Trinajstić information content (AvgIpc) is 2.61. The van der Waals surface area contributed by atoms with Gasteiger partial charge in [-0.15, -0.1) is 0 Å². The second-order valence-electron chi connectivity index (χ2n) is 6.12. The first-order valence-corrected chi connectivity index (χ1v) is 9.81. The van der Waals surface area contributed by atoms with E-state index in [9.17, 15) is 9.90 Å². The van der Waals surface area contributed by atoms with E-state index in [1.54, 1.807) is 11.0 Å². The number of hydrogen-bond donors (Lipinski definition) is 3. The Bertz CT molecular complexity index is 568. The van der Waals surface area contributed by atoms with Crippen molar-refractivity contribution in [3.8, 4) is 0 Å². The van der Waals surface area contributed by atoms with Crippen molar-refractivity contribution in [3.63, 3.8) is 0 Å². The van der Waals surface area contributed by atoms with E-state index in [-0.39, 0.29) is 18.7 Å². The molecule has 0 spiro atoms. The molecule has 1 aliphatic heterocycles. The van der Waals surface area contributed by atoms with Crippen LogP contribution in [0.1, 0.15) is 24.8 Å². The van der Waals surface area contributed by atoms with Crippen LogP contribution in [0.5, 0.6) is 0 Å². The summed E-state index contributed by atoms with van der Waals surface area (Å²) < 4.78 is 9.58.